The van der Waals surface area contributed by atoms with Crippen LogP contribution >= 0.6 is 0 Å². The number of carbonyl (C=O) groups is 1. The smallest absolute Gasteiger partial charge is 0.370 e. The largest absolute Gasteiger partial charge is 0.423 e. The zero-order valence-corrected chi connectivity index (χ0v) is 10.4. The van der Waals surface area contributed by atoms with Crippen LogP contribution in [0.15, 0.2) is 11.0 Å². The topological polar surface area (TPSA) is 92.1 Å². The van der Waals surface area contributed by atoms with E-state index in [1.165, 1.54) is 4.90 Å². The number of carbonyl (C=O) groups excluding carboxylic acids is 1. The lowest BCUT2D eigenvalue weighted by Gasteiger charge is -2.27. The average Bonchev–Trinajstić information content (AvgIpc) is 2.74. The summed E-state index contributed by atoms with van der Waals surface area (Å²) in [5, 5.41) is 5.20. The van der Waals surface area contributed by atoms with Crippen LogP contribution in [0.3, 0.4) is 0 Å². The molecule has 110 valence electrons. The van der Waals surface area contributed by atoms with Gasteiger partial charge in [0.2, 0.25) is 5.91 Å². The molecule has 0 radical (unpaired) electrons. The predicted octanol–water partition coefficient (Wildman–Crippen LogP) is 0.633. The van der Waals surface area contributed by atoms with E-state index in [4.69, 9.17) is 5.73 Å². The first-order valence-electron chi connectivity index (χ1n) is 6.00. The second-order valence-corrected chi connectivity index (χ2v) is 4.62. The van der Waals surface area contributed by atoms with Crippen LogP contribution in [0, 0.1) is 0 Å². The monoisotopic (exact) mass is 290 g/mol. The first-order chi connectivity index (χ1) is 9.30. The summed E-state index contributed by atoms with van der Waals surface area (Å²) in [6.45, 7) is 0.326. The molecule has 6 nitrogen and oxygen atoms in total. The molecule has 0 aromatic carbocycles. The van der Waals surface area contributed by atoms with E-state index in [-0.39, 0.29) is 12.1 Å². The van der Waals surface area contributed by atoms with Crippen molar-refractivity contribution in [3.05, 3.63) is 22.1 Å². The molecule has 1 saturated heterocycles. The Morgan fingerprint density at radius 2 is 2.25 bits per heavy atom. The number of primary amides is 1. The summed E-state index contributed by atoms with van der Waals surface area (Å²) in [5.41, 5.74) is 2.21. The van der Waals surface area contributed by atoms with Crippen molar-refractivity contribution in [2.75, 3.05) is 11.4 Å². The summed E-state index contributed by atoms with van der Waals surface area (Å²) < 4.78 is 39.0. The zero-order chi connectivity index (χ0) is 14.9. The fraction of sp³-hybridized carbons (Fsp3) is 0.545. The number of nitrogens with two attached hydrogens (primary N) is 1. The summed E-state index contributed by atoms with van der Waals surface area (Å²) in [6, 6.07) is -0.433. The number of H-pyrrole nitrogens is 1. The lowest BCUT2D eigenvalue weighted by Crippen LogP contribution is -2.37. The first-order valence-corrected chi connectivity index (χ1v) is 6.00. The molecule has 9 heteroatoms. The van der Waals surface area contributed by atoms with Crippen molar-refractivity contribution in [2.24, 2.45) is 5.73 Å². The lowest BCUT2D eigenvalue weighted by molar-refractivity contribution is -0.138. The highest BCUT2D eigenvalue weighted by Gasteiger charge is 2.40. The summed E-state index contributed by atoms with van der Waals surface area (Å²) in [4.78, 5) is 23.8. The minimum Gasteiger partial charge on any atom is -0.370 e. The Hall–Kier alpha value is -2.06. The maximum absolute atomic E-state index is 13.0. The molecule has 1 fully saturated rings. The fourth-order valence-corrected chi connectivity index (χ4v) is 2.48. The average molecular weight is 290 g/mol. The number of nitrogens with zero attached hydrogens (tertiary/aromatic N) is 2. The number of hydrogen-bond donors (Lipinski definition) is 2. The number of anilines is 1. The van der Waals surface area contributed by atoms with E-state index in [0.29, 0.717) is 19.4 Å². The van der Waals surface area contributed by atoms with Crippen LogP contribution in [0.4, 0.5) is 18.9 Å². The summed E-state index contributed by atoms with van der Waals surface area (Å²) in [6.07, 6.45) is -2.70. The Balaban J connectivity index is 2.45. The van der Waals surface area contributed by atoms with E-state index in [1.54, 1.807) is 5.10 Å². The van der Waals surface area contributed by atoms with Gasteiger partial charge in [-0.3, -0.25) is 9.59 Å². The lowest BCUT2D eigenvalue weighted by atomic mass is 10.1. The van der Waals surface area contributed by atoms with E-state index in [0.717, 1.165) is 6.20 Å². The van der Waals surface area contributed by atoms with Gasteiger partial charge in [-0.05, 0) is 12.8 Å². The number of aromatic nitrogens is 2. The Bertz CT molecular complexity index is 570. The van der Waals surface area contributed by atoms with Crippen molar-refractivity contribution in [1.82, 2.24) is 10.2 Å². The molecule has 3 N–H and O–H groups in total. The molecule has 1 aromatic heterocycles. The number of aromatic amines is 1. The summed E-state index contributed by atoms with van der Waals surface area (Å²) >= 11 is 0. The van der Waals surface area contributed by atoms with Crippen molar-refractivity contribution >= 4 is 11.6 Å². The van der Waals surface area contributed by atoms with Crippen LogP contribution in [0.2, 0.25) is 0 Å². The van der Waals surface area contributed by atoms with Gasteiger partial charge in [0, 0.05) is 19.0 Å². The first kappa shape index (κ1) is 14.4. The predicted molar refractivity (Wildman–Crippen MR) is 64.0 cm³/mol. The van der Waals surface area contributed by atoms with Crippen LogP contribution in [0.5, 0.6) is 0 Å². The maximum Gasteiger partial charge on any atom is 0.423 e. The van der Waals surface area contributed by atoms with Gasteiger partial charge >= 0.3 is 6.18 Å². The van der Waals surface area contributed by atoms with Crippen LogP contribution < -0.4 is 16.2 Å². The van der Waals surface area contributed by atoms with Crippen molar-refractivity contribution in [1.29, 1.82) is 0 Å². The molecule has 0 aliphatic carbocycles. The molecule has 1 aliphatic heterocycles. The number of rotatable bonds is 3. The maximum atomic E-state index is 13.0. The molecular formula is C11H13F3N4O2. The van der Waals surface area contributed by atoms with Crippen molar-refractivity contribution in [2.45, 2.75) is 31.5 Å². The standard InChI is InChI=1S/C11H13F3N4O2/c12-11(13,14)9-7(5-16-17-10(9)20)18-3-1-2-6(18)4-8(15)19/h5-6H,1-4H2,(H2,15,19)(H,17,20)/t6-/m0/s1. The molecule has 0 spiro atoms. The minimum atomic E-state index is -4.79. The van der Waals surface area contributed by atoms with Crippen LogP contribution in [0.1, 0.15) is 24.8 Å². The van der Waals surface area contributed by atoms with Gasteiger partial charge < -0.3 is 10.6 Å². The van der Waals surface area contributed by atoms with Crippen molar-refractivity contribution < 1.29 is 18.0 Å². The van der Waals surface area contributed by atoms with Gasteiger partial charge in [-0.1, -0.05) is 0 Å². The molecule has 0 unspecified atom stereocenters. The quantitative estimate of drug-likeness (QED) is 0.854. The zero-order valence-electron chi connectivity index (χ0n) is 10.4. The summed E-state index contributed by atoms with van der Waals surface area (Å²) in [7, 11) is 0. The number of alkyl halides is 3. The summed E-state index contributed by atoms with van der Waals surface area (Å²) in [5.74, 6) is -0.590. The second-order valence-electron chi connectivity index (χ2n) is 4.62. The molecule has 1 amide bonds. The molecule has 0 saturated carbocycles. The van der Waals surface area contributed by atoms with Crippen molar-refractivity contribution in [3.63, 3.8) is 0 Å². The third-order valence-electron chi connectivity index (χ3n) is 3.24. The van der Waals surface area contributed by atoms with E-state index in [9.17, 15) is 22.8 Å². The molecule has 2 rings (SSSR count). The van der Waals surface area contributed by atoms with E-state index in [1.807, 2.05) is 0 Å². The Morgan fingerprint density at radius 3 is 2.85 bits per heavy atom. The highest BCUT2D eigenvalue weighted by Crippen LogP contribution is 2.36. The third kappa shape index (κ3) is 2.75. The number of hydrogen-bond acceptors (Lipinski definition) is 4. The Labute approximate surface area is 111 Å². The van der Waals surface area contributed by atoms with E-state index >= 15 is 0 Å². The van der Waals surface area contributed by atoms with E-state index < -0.39 is 29.2 Å². The molecule has 2 heterocycles. The molecule has 1 aliphatic rings. The van der Waals surface area contributed by atoms with Crippen LogP contribution in [0.25, 0.3) is 0 Å². The number of amides is 1. The van der Waals surface area contributed by atoms with Crippen molar-refractivity contribution in [3.8, 4) is 0 Å². The fourth-order valence-electron chi connectivity index (χ4n) is 2.48. The molecule has 0 bridgehead atoms. The van der Waals surface area contributed by atoms with Crippen LogP contribution in [-0.2, 0) is 11.0 Å². The second kappa shape index (κ2) is 5.14. The highest BCUT2D eigenvalue weighted by molar-refractivity contribution is 5.75. The molecule has 1 aromatic rings. The van der Waals surface area contributed by atoms with Gasteiger partial charge in [0.1, 0.15) is 5.56 Å². The minimum absolute atomic E-state index is 0.0515. The highest BCUT2D eigenvalue weighted by atomic mass is 19.4. The van der Waals surface area contributed by atoms with Crippen LogP contribution in [-0.4, -0.2) is 28.7 Å². The van der Waals surface area contributed by atoms with Gasteiger partial charge in [0.25, 0.3) is 5.56 Å². The Morgan fingerprint density at radius 1 is 1.55 bits per heavy atom. The number of halogens is 3. The molecule has 20 heavy (non-hydrogen) atoms. The third-order valence-corrected chi connectivity index (χ3v) is 3.24. The van der Waals surface area contributed by atoms with E-state index in [2.05, 4.69) is 5.10 Å². The molecule has 1 atom stereocenters. The van der Waals surface area contributed by atoms with Gasteiger partial charge in [-0.15, -0.1) is 0 Å². The number of nitrogens with one attached hydrogen (secondary N) is 1. The van der Waals surface area contributed by atoms with Gasteiger partial charge in [-0.2, -0.15) is 18.3 Å². The normalized spacial score (nSPS) is 19.4. The molecular weight excluding hydrogens is 277 g/mol. The Kier molecular flexibility index (Phi) is 3.69. The van der Waals surface area contributed by atoms with Gasteiger partial charge in [0.05, 0.1) is 11.9 Å². The SMILES string of the molecule is NC(=O)C[C@@H]1CCCN1c1cn[nH]c(=O)c1C(F)(F)F. The van der Waals surface area contributed by atoms with Gasteiger partial charge in [0.15, 0.2) is 0 Å². The van der Waals surface area contributed by atoms with Gasteiger partial charge in [-0.25, -0.2) is 5.10 Å².